The summed E-state index contributed by atoms with van der Waals surface area (Å²) in [5.41, 5.74) is 8.24. The molecular formula is C14H19N3S. The quantitative estimate of drug-likeness (QED) is 0.839. The average molecular weight is 261 g/mol. The van der Waals surface area contributed by atoms with E-state index in [2.05, 4.69) is 41.5 Å². The molecule has 18 heavy (non-hydrogen) atoms. The third-order valence-corrected chi connectivity index (χ3v) is 3.74. The first-order chi connectivity index (χ1) is 8.81. The van der Waals surface area contributed by atoms with E-state index in [0.29, 0.717) is 6.54 Å². The molecule has 1 heterocycles. The average Bonchev–Trinajstić information content (AvgIpc) is 2.86. The maximum Gasteiger partial charge on any atom is 0.183 e. The monoisotopic (exact) mass is 261 g/mol. The molecule has 0 bridgehead atoms. The maximum absolute atomic E-state index is 5.56. The van der Waals surface area contributed by atoms with E-state index in [1.54, 1.807) is 11.3 Å². The predicted octanol–water partition coefficient (Wildman–Crippen LogP) is 3.17. The molecule has 0 aliphatic heterocycles. The largest absolute Gasteiger partial charge is 0.357 e. The summed E-state index contributed by atoms with van der Waals surface area (Å²) >= 11 is 1.62. The van der Waals surface area contributed by atoms with Gasteiger partial charge < -0.3 is 11.1 Å². The number of nitrogens with one attached hydrogen (secondary N) is 1. The fourth-order valence-corrected chi connectivity index (χ4v) is 2.46. The van der Waals surface area contributed by atoms with E-state index in [9.17, 15) is 0 Å². The van der Waals surface area contributed by atoms with Gasteiger partial charge in [0.15, 0.2) is 5.13 Å². The van der Waals surface area contributed by atoms with Gasteiger partial charge in [0, 0.05) is 24.2 Å². The summed E-state index contributed by atoms with van der Waals surface area (Å²) in [5, 5.41) is 4.26. The van der Waals surface area contributed by atoms with Gasteiger partial charge in [-0.05, 0) is 17.5 Å². The number of rotatable bonds is 6. The van der Waals surface area contributed by atoms with E-state index < -0.39 is 0 Å². The van der Waals surface area contributed by atoms with Crippen molar-refractivity contribution in [3.8, 4) is 0 Å². The smallest absolute Gasteiger partial charge is 0.183 e. The van der Waals surface area contributed by atoms with Crippen molar-refractivity contribution in [2.75, 3.05) is 5.32 Å². The second-order valence-electron chi connectivity index (χ2n) is 4.26. The predicted molar refractivity (Wildman–Crippen MR) is 77.8 cm³/mol. The zero-order chi connectivity index (χ0) is 12.8. The molecule has 0 aliphatic rings. The number of benzene rings is 1. The van der Waals surface area contributed by atoms with E-state index in [-0.39, 0.29) is 0 Å². The molecule has 0 fully saturated rings. The molecule has 0 saturated carbocycles. The molecular weight excluding hydrogens is 242 g/mol. The van der Waals surface area contributed by atoms with Gasteiger partial charge in [0.05, 0.1) is 0 Å². The molecule has 3 nitrogen and oxygen atoms in total. The van der Waals surface area contributed by atoms with Gasteiger partial charge in [-0.15, -0.1) is 11.3 Å². The molecule has 3 N–H and O–H groups in total. The van der Waals surface area contributed by atoms with Crippen molar-refractivity contribution in [2.24, 2.45) is 5.73 Å². The van der Waals surface area contributed by atoms with Crippen LogP contribution in [0.1, 0.15) is 29.3 Å². The molecule has 1 aromatic heterocycles. The van der Waals surface area contributed by atoms with Crippen LogP contribution in [0.3, 0.4) is 0 Å². The van der Waals surface area contributed by atoms with Crippen LogP contribution in [0, 0.1) is 0 Å². The minimum absolute atomic E-state index is 0.561. The van der Waals surface area contributed by atoms with Gasteiger partial charge in [0.1, 0.15) is 0 Å². The Morgan fingerprint density at radius 2 is 1.94 bits per heavy atom. The number of hydrogen-bond donors (Lipinski definition) is 2. The van der Waals surface area contributed by atoms with Crippen LogP contribution in [0.2, 0.25) is 0 Å². The Kier molecular flexibility index (Phi) is 4.73. The summed E-state index contributed by atoms with van der Waals surface area (Å²) in [6.45, 7) is 3.57. The fourth-order valence-electron chi connectivity index (χ4n) is 1.77. The minimum Gasteiger partial charge on any atom is -0.357 e. The molecule has 0 spiro atoms. The number of aryl methyl sites for hydroxylation is 1. The van der Waals surface area contributed by atoms with Gasteiger partial charge in [0.2, 0.25) is 0 Å². The van der Waals surface area contributed by atoms with Crippen LogP contribution >= 0.6 is 11.3 Å². The number of thiazole rings is 1. The van der Waals surface area contributed by atoms with Crippen molar-refractivity contribution < 1.29 is 0 Å². The van der Waals surface area contributed by atoms with Crippen LogP contribution in [0.25, 0.3) is 0 Å². The lowest BCUT2D eigenvalue weighted by atomic mass is 10.1. The molecule has 0 amide bonds. The van der Waals surface area contributed by atoms with E-state index in [4.69, 9.17) is 5.73 Å². The van der Waals surface area contributed by atoms with Gasteiger partial charge in [-0.3, -0.25) is 0 Å². The van der Waals surface area contributed by atoms with E-state index in [0.717, 1.165) is 23.0 Å². The van der Waals surface area contributed by atoms with Crippen molar-refractivity contribution in [3.05, 3.63) is 46.5 Å². The molecule has 0 radical (unpaired) electrons. The summed E-state index contributed by atoms with van der Waals surface area (Å²) in [6.07, 6.45) is 4.18. The van der Waals surface area contributed by atoms with Crippen molar-refractivity contribution in [1.29, 1.82) is 0 Å². The highest BCUT2D eigenvalue weighted by molar-refractivity contribution is 7.15. The number of aromatic nitrogens is 1. The lowest BCUT2D eigenvalue weighted by molar-refractivity contribution is 0.920. The number of nitrogens with two attached hydrogens (primary N) is 1. The summed E-state index contributed by atoms with van der Waals surface area (Å²) in [7, 11) is 0. The van der Waals surface area contributed by atoms with Crippen LogP contribution in [0.15, 0.2) is 30.5 Å². The highest BCUT2D eigenvalue weighted by Gasteiger charge is 2.00. The van der Waals surface area contributed by atoms with Crippen molar-refractivity contribution in [1.82, 2.24) is 4.98 Å². The third-order valence-electron chi connectivity index (χ3n) is 2.76. The lowest BCUT2D eigenvalue weighted by Crippen LogP contribution is -1.98. The Hall–Kier alpha value is -1.39. The Morgan fingerprint density at radius 3 is 2.56 bits per heavy atom. The van der Waals surface area contributed by atoms with Gasteiger partial charge >= 0.3 is 0 Å². The second-order valence-corrected chi connectivity index (χ2v) is 5.37. The topological polar surface area (TPSA) is 50.9 Å². The van der Waals surface area contributed by atoms with Gasteiger partial charge in [-0.2, -0.15) is 0 Å². The van der Waals surface area contributed by atoms with Crippen LogP contribution in [-0.4, -0.2) is 4.98 Å². The standard InChI is InChI=1S/C14H19N3S/c1-2-3-11-4-6-12(7-5-11)9-16-14-17-10-13(8-15)18-14/h4-7,10H,2-3,8-9,15H2,1H3,(H,16,17). The SMILES string of the molecule is CCCc1ccc(CNc2ncc(CN)s2)cc1. The summed E-state index contributed by atoms with van der Waals surface area (Å²) < 4.78 is 0. The van der Waals surface area contributed by atoms with Gasteiger partial charge in [-0.1, -0.05) is 37.6 Å². The molecule has 0 saturated heterocycles. The van der Waals surface area contributed by atoms with Crippen LogP contribution in [0.4, 0.5) is 5.13 Å². The Labute approximate surface area is 112 Å². The zero-order valence-electron chi connectivity index (χ0n) is 10.6. The van der Waals surface area contributed by atoms with Crippen molar-refractivity contribution >= 4 is 16.5 Å². The molecule has 0 unspecified atom stereocenters. The Bertz CT molecular complexity index is 476. The zero-order valence-corrected chi connectivity index (χ0v) is 11.5. The molecule has 1 aromatic carbocycles. The molecule has 96 valence electrons. The first kappa shape index (κ1) is 13.1. The van der Waals surface area contributed by atoms with E-state index >= 15 is 0 Å². The van der Waals surface area contributed by atoms with E-state index in [1.165, 1.54) is 17.5 Å². The number of nitrogens with zero attached hydrogens (tertiary/aromatic N) is 1. The highest BCUT2D eigenvalue weighted by atomic mass is 32.1. The summed E-state index contributed by atoms with van der Waals surface area (Å²) in [6, 6.07) is 8.76. The summed E-state index contributed by atoms with van der Waals surface area (Å²) in [5.74, 6) is 0. The second kappa shape index (κ2) is 6.52. The lowest BCUT2D eigenvalue weighted by Gasteiger charge is -2.04. The van der Waals surface area contributed by atoms with Crippen LogP contribution in [-0.2, 0) is 19.5 Å². The van der Waals surface area contributed by atoms with E-state index in [1.807, 2.05) is 6.20 Å². The van der Waals surface area contributed by atoms with Crippen LogP contribution in [0.5, 0.6) is 0 Å². The maximum atomic E-state index is 5.56. The molecule has 2 rings (SSSR count). The number of hydrogen-bond acceptors (Lipinski definition) is 4. The van der Waals surface area contributed by atoms with Crippen molar-refractivity contribution in [3.63, 3.8) is 0 Å². The Morgan fingerprint density at radius 1 is 1.22 bits per heavy atom. The number of anilines is 1. The van der Waals surface area contributed by atoms with Crippen LogP contribution < -0.4 is 11.1 Å². The molecule has 0 aliphatic carbocycles. The third kappa shape index (κ3) is 3.55. The van der Waals surface area contributed by atoms with Crippen molar-refractivity contribution in [2.45, 2.75) is 32.9 Å². The fraction of sp³-hybridized carbons (Fsp3) is 0.357. The molecule has 0 atom stereocenters. The molecule has 4 heteroatoms. The minimum atomic E-state index is 0.561. The normalized spacial score (nSPS) is 10.6. The Balaban J connectivity index is 1.89. The first-order valence-corrected chi connectivity index (χ1v) is 7.10. The summed E-state index contributed by atoms with van der Waals surface area (Å²) in [4.78, 5) is 5.38. The highest BCUT2D eigenvalue weighted by Crippen LogP contribution is 2.18. The first-order valence-electron chi connectivity index (χ1n) is 6.28. The van der Waals surface area contributed by atoms with Gasteiger partial charge in [-0.25, -0.2) is 4.98 Å². The van der Waals surface area contributed by atoms with Gasteiger partial charge in [0.25, 0.3) is 0 Å². The molecule has 2 aromatic rings.